The Morgan fingerprint density at radius 1 is 1.16 bits per heavy atom. The molecule has 3 nitrogen and oxygen atoms in total. The van der Waals surface area contributed by atoms with E-state index >= 15 is 0 Å². The summed E-state index contributed by atoms with van der Waals surface area (Å²) < 4.78 is 11.3. The molecule has 0 radical (unpaired) electrons. The van der Waals surface area contributed by atoms with Crippen LogP contribution in [-0.4, -0.2) is 32.4 Å². The Morgan fingerprint density at radius 3 is 3.00 bits per heavy atom. The fourth-order valence-electron chi connectivity index (χ4n) is 3.04. The van der Waals surface area contributed by atoms with Crippen molar-refractivity contribution in [2.24, 2.45) is 0 Å². The average molecular weight is 261 g/mol. The van der Waals surface area contributed by atoms with E-state index in [0.717, 1.165) is 44.9 Å². The van der Waals surface area contributed by atoms with Crippen LogP contribution in [0.3, 0.4) is 0 Å². The monoisotopic (exact) mass is 261 g/mol. The van der Waals surface area contributed by atoms with Gasteiger partial charge in [0.25, 0.3) is 0 Å². The molecular weight excluding hydrogens is 238 g/mol. The van der Waals surface area contributed by atoms with Crippen molar-refractivity contribution in [2.45, 2.75) is 37.7 Å². The van der Waals surface area contributed by atoms with Crippen LogP contribution in [0.25, 0.3) is 0 Å². The van der Waals surface area contributed by atoms with Gasteiger partial charge in [-0.2, -0.15) is 0 Å². The zero-order valence-corrected chi connectivity index (χ0v) is 11.4. The van der Waals surface area contributed by atoms with Gasteiger partial charge >= 0.3 is 0 Å². The van der Waals surface area contributed by atoms with E-state index in [1.165, 1.54) is 18.4 Å². The van der Waals surface area contributed by atoms with E-state index in [4.69, 9.17) is 9.47 Å². The summed E-state index contributed by atoms with van der Waals surface area (Å²) >= 11 is 0. The highest BCUT2D eigenvalue weighted by molar-refractivity contribution is 5.37. The number of ether oxygens (including phenoxy) is 2. The Kier molecular flexibility index (Phi) is 4.36. The number of hydrogen-bond donors (Lipinski definition) is 1. The number of rotatable bonds is 5. The molecule has 2 aliphatic heterocycles. The summed E-state index contributed by atoms with van der Waals surface area (Å²) in [6.45, 7) is 3.91. The van der Waals surface area contributed by atoms with Gasteiger partial charge in [0.2, 0.25) is 0 Å². The summed E-state index contributed by atoms with van der Waals surface area (Å²) in [5.74, 6) is 1.66. The second-order valence-corrected chi connectivity index (χ2v) is 5.50. The summed E-state index contributed by atoms with van der Waals surface area (Å²) in [6, 6.07) is 8.42. The minimum atomic E-state index is 0.495. The summed E-state index contributed by atoms with van der Waals surface area (Å²) in [5, 5.41) is 3.59. The van der Waals surface area contributed by atoms with Crippen molar-refractivity contribution in [2.75, 3.05) is 26.3 Å². The van der Waals surface area contributed by atoms with Crippen LogP contribution in [0.2, 0.25) is 0 Å². The molecule has 2 unspecified atom stereocenters. The predicted octanol–water partition coefficient (Wildman–Crippen LogP) is 2.71. The summed E-state index contributed by atoms with van der Waals surface area (Å²) in [6.07, 6.45) is 5.23. The Labute approximate surface area is 115 Å². The maximum absolute atomic E-state index is 5.69. The zero-order chi connectivity index (χ0) is 12.9. The second-order valence-electron chi connectivity index (χ2n) is 5.50. The summed E-state index contributed by atoms with van der Waals surface area (Å²) in [4.78, 5) is 0. The first-order valence-corrected chi connectivity index (χ1v) is 7.47. The molecule has 2 heterocycles. The summed E-state index contributed by atoms with van der Waals surface area (Å²) in [5.41, 5.74) is 1.36. The smallest absolute Gasteiger partial charge is 0.122 e. The van der Waals surface area contributed by atoms with Gasteiger partial charge in [-0.3, -0.25) is 0 Å². The lowest BCUT2D eigenvalue weighted by atomic mass is 9.93. The van der Waals surface area contributed by atoms with Crippen molar-refractivity contribution in [3.05, 3.63) is 29.8 Å². The third-order valence-corrected chi connectivity index (χ3v) is 4.14. The largest absolute Gasteiger partial charge is 0.493 e. The average Bonchev–Trinajstić information content (AvgIpc) is 2.97. The molecule has 19 heavy (non-hydrogen) atoms. The maximum Gasteiger partial charge on any atom is 0.122 e. The third kappa shape index (κ3) is 3.28. The molecule has 104 valence electrons. The first-order chi connectivity index (χ1) is 9.43. The number of benzene rings is 1. The van der Waals surface area contributed by atoms with Gasteiger partial charge < -0.3 is 14.8 Å². The zero-order valence-electron chi connectivity index (χ0n) is 11.4. The van der Waals surface area contributed by atoms with Crippen LogP contribution in [0.1, 0.15) is 37.2 Å². The molecule has 1 aromatic carbocycles. The molecule has 1 fully saturated rings. The Hall–Kier alpha value is -1.06. The normalized spacial score (nSPS) is 25.9. The second kappa shape index (κ2) is 6.40. The lowest BCUT2D eigenvalue weighted by Gasteiger charge is -2.26. The molecule has 0 saturated carbocycles. The van der Waals surface area contributed by atoms with Gasteiger partial charge in [0.15, 0.2) is 0 Å². The van der Waals surface area contributed by atoms with Crippen LogP contribution in [0.5, 0.6) is 5.75 Å². The molecular formula is C16H23NO2. The van der Waals surface area contributed by atoms with Crippen LogP contribution in [0.4, 0.5) is 0 Å². The maximum atomic E-state index is 5.69. The molecule has 3 heteroatoms. The highest BCUT2D eigenvalue weighted by atomic mass is 16.5. The number of fused-ring (bicyclic) bond motifs is 1. The molecule has 3 rings (SSSR count). The molecule has 2 aliphatic rings. The van der Waals surface area contributed by atoms with Crippen molar-refractivity contribution < 1.29 is 9.47 Å². The molecule has 0 amide bonds. The first kappa shape index (κ1) is 12.9. The Morgan fingerprint density at radius 2 is 2.11 bits per heavy atom. The van der Waals surface area contributed by atoms with Crippen LogP contribution in [0.15, 0.2) is 24.3 Å². The molecule has 2 atom stereocenters. The van der Waals surface area contributed by atoms with E-state index in [-0.39, 0.29) is 0 Å². The molecule has 1 N–H and O–H groups in total. The van der Waals surface area contributed by atoms with Crippen LogP contribution >= 0.6 is 0 Å². The molecule has 1 saturated heterocycles. The molecule has 0 aromatic heterocycles. The molecule has 0 spiro atoms. The lowest BCUT2D eigenvalue weighted by molar-refractivity contribution is 0.104. The van der Waals surface area contributed by atoms with Gasteiger partial charge in [0, 0.05) is 19.1 Å². The number of para-hydroxylation sites is 1. The number of hydrogen-bond acceptors (Lipinski definition) is 3. The van der Waals surface area contributed by atoms with Gasteiger partial charge in [-0.25, -0.2) is 0 Å². The first-order valence-electron chi connectivity index (χ1n) is 7.47. The van der Waals surface area contributed by atoms with Gasteiger partial charge in [-0.05, 0) is 43.9 Å². The van der Waals surface area contributed by atoms with Gasteiger partial charge in [-0.1, -0.05) is 18.2 Å². The van der Waals surface area contributed by atoms with E-state index < -0.39 is 0 Å². The van der Waals surface area contributed by atoms with Crippen molar-refractivity contribution in [1.82, 2.24) is 5.32 Å². The summed E-state index contributed by atoms with van der Waals surface area (Å²) in [7, 11) is 0. The van der Waals surface area contributed by atoms with Crippen molar-refractivity contribution in [3.8, 4) is 5.75 Å². The van der Waals surface area contributed by atoms with E-state index in [2.05, 4.69) is 23.5 Å². The highest BCUT2D eigenvalue weighted by Crippen LogP contribution is 2.32. The quantitative estimate of drug-likeness (QED) is 0.827. The highest BCUT2D eigenvalue weighted by Gasteiger charge is 2.21. The number of nitrogens with one attached hydrogen (secondary N) is 1. The topological polar surface area (TPSA) is 30.5 Å². The van der Waals surface area contributed by atoms with Crippen molar-refractivity contribution in [3.63, 3.8) is 0 Å². The SMILES string of the molecule is c1ccc2c(c1)OCCC2CNCCC1CCCO1. The van der Waals surface area contributed by atoms with E-state index in [0.29, 0.717) is 12.0 Å². The van der Waals surface area contributed by atoms with Crippen LogP contribution in [0, 0.1) is 0 Å². The Balaban J connectivity index is 1.45. The fraction of sp³-hybridized carbons (Fsp3) is 0.625. The molecule has 0 aliphatic carbocycles. The predicted molar refractivity (Wildman–Crippen MR) is 75.8 cm³/mol. The Bertz CT molecular complexity index is 401. The molecule has 0 bridgehead atoms. The van der Waals surface area contributed by atoms with E-state index in [9.17, 15) is 0 Å². The molecule has 1 aromatic rings. The standard InChI is InChI=1S/C16H23NO2/c1-2-6-16-15(5-1)13(8-11-19-16)12-17-9-7-14-4-3-10-18-14/h1-2,5-6,13-14,17H,3-4,7-12H2. The van der Waals surface area contributed by atoms with Crippen molar-refractivity contribution in [1.29, 1.82) is 0 Å². The minimum Gasteiger partial charge on any atom is -0.493 e. The van der Waals surface area contributed by atoms with Gasteiger partial charge in [-0.15, -0.1) is 0 Å². The van der Waals surface area contributed by atoms with Crippen molar-refractivity contribution >= 4 is 0 Å². The van der Waals surface area contributed by atoms with Gasteiger partial charge in [0.05, 0.1) is 12.7 Å². The van der Waals surface area contributed by atoms with Gasteiger partial charge in [0.1, 0.15) is 5.75 Å². The van der Waals surface area contributed by atoms with Crippen LogP contribution < -0.4 is 10.1 Å². The lowest BCUT2D eigenvalue weighted by Crippen LogP contribution is -2.28. The van der Waals surface area contributed by atoms with E-state index in [1.807, 2.05) is 6.07 Å². The fourth-order valence-corrected chi connectivity index (χ4v) is 3.04. The minimum absolute atomic E-state index is 0.495. The van der Waals surface area contributed by atoms with Crippen LogP contribution in [-0.2, 0) is 4.74 Å². The third-order valence-electron chi connectivity index (χ3n) is 4.14. The van der Waals surface area contributed by atoms with E-state index in [1.54, 1.807) is 0 Å².